The topological polar surface area (TPSA) is 21.3 Å². The molecule has 0 saturated heterocycles. The van der Waals surface area contributed by atoms with Crippen LogP contribution in [0.3, 0.4) is 0 Å². The van der Waals surface area contributed by atoms with Crippen LogP contribution in [0.4, 0.5) is 8.78 Å². The summed E-state index contributed by atoms with van der Waals surface area (Å²) in [5.74, 6) is -0.196. The van der Waals surface area contributed by atoms with Gasteiger partial charge in [-0.15, -0.1) is 0 Å². The first-order chi connectivity index (χ1) is 10.1. The third kappa shape index (κ3) is 3.22. The fraction of sp³-hybridized carbons (Fsp3) is 0.294. The zero-order valence-corrected chi connectivity index (χ0v) is 12.4. The first-order valence-corrected chi connectivity index (χ1v) is 6.90. The fourth-order valence-corrected chi connectivity index (χ4v) is 2.38. The summed E-state index contributed by atoms with van der Waals surface area (Å²) in [6.45, 7) is 4.09. The summed E-state index contributed by atoms with van der Waals surface area (Å²) in [6, 6.07) is 9.38. The Morgan fingerprint density at radius 3 is 2.48 bits per heavy atom. The lowest BCUT2D eigenvalue weighted by molar-refractivity contribution is 0.403. The van der Waals surface area contributed by atoms with Crippen molar-refractivity contribution < 1.29 is 13.5 Å². The molecule has 2 nitrogen and oxygen atoms in total. The molecule has 0 aliphatic carbocycles. The Balaban J connectivity index is 2.56. The lowest BCUT2D eigenvalue weighted by Gasteiger charge is -2.22. The van der Waals surface area contributed by atoms with Gasteiger partial charge in [0.25, 0.3) is 0 Å². The van der Waals surface area contributed by atoms with Gasteiger partial charge in [0.1, 0.15) is 17.4 Å². The van der Waals surface area contributed by atoms with E-state index in [4.69, 9.17) is 4.74 Å². The van der Waals surface area contributed by atoms with Crippen molar-refractivity contribution in [2.45, 2.75) is 19.9 Å². The average Bonchev–Trinajstić information content (AvgIpc) is 2.49. The molecule has 112 valence electrons. The Hall–Kier alpha value is -1.94. The van der Waals surface area contributed by atoms with E-state index < -0.39 is 17.7 Å². The monoisotopic (exact) mass is 291 g/mol. The molecular formula is C17H19F2NO. The summed E-state index contributed by atoms with van der Waals surface area (Å²) in [7, 11) is 1.56. The lowest BCUT2D eigenvalue weighted by Crippen LogP contribution is -2.23. The highest BCUT2D eigenvalue weighted by Crippen LogP contribution is 2.32. The van der Waals surface area contributed by atoms with E-state index >= 15 is 0 Å². The fourth-order valence-electron chi connectivity index (χ4n) is 2.38. The smallest absolute Gasteiger partial charge is 0.128 e. The van der Waals surface area contributed by atoms with Crippen LogP contribution in [-0.4, -0.2) is 13.7 Å². The maximum atomic E-state index is 14.3. The van der Waals surface area contributed by atoms with Crippen molar-refractivity contribution >= 4 is 0 Å². The Kier molecular flexibility index (Phi) is 4.91. The van der Waals surface area contributed by atoms with E-state index in [1.165, 1.54) is 12.1 Å². The Bertz CT molecular complexity index is 628. The minimum atomic E-state index is -0.457. The molecule has 0 bridgehead atoms. The first-order valence-electron chi connectivity index (χ1n) is 6.90. The zero-order chi connectivity index (χ0) is 15.4. The molecule has 0 amide bonds. The van der Waals surface area contributed by atoms with Crippen LogP contribution in [0.15, 0.2) is 36.4 Å². The van der Waals surface area contributed by atoms with Crippen LogP contribution in [0.2, 0.25) is 0 Å². The number of aryl methyl sites for hydroxylation is 1. The predicted molar refractivity (Wildman–Crippen MR) is 79.6 cm³/mol. The Morgan fingerprint density at radius 1 is 1.10 bits per heavy atom. The van der Waals surface area contributed by atoms with Gasteiger partial charge in [-0.2, -0.15) is 0 Å². The molecule has 1 atom stereocenters. The zero-order valence-electron chi connectivity index (χ0n) is 12.4. The number of nitrogens with one attached hydrogen (secondary N) is 1. The van der Waals surface area contributed by atoms with Crippen LogP contribution in [0.25, 0.3) is 0 Å². The van der Waals surface area contributed by atoms with Gasteiger partial charge in [0.05, 0.1) is 13.2 Å². The van der Waals surface area contributed by atoms with Crippen molar-refractivity contribution in [1.29, 1.82) is 0 Å². The van der Waals surface area contributed by atoms with Gasteiger partial charge < -0.3 is 10.1 Å². The molecule has 0 aliphatic heterocycles. The van der Waals surface area contributed by atoms with Crippen LogP contribution in [0.5, 0.6) is 5.75 Å². The minimum Gasteiger partial charge on any atom is -0.496 e. The van der Waals surface area contributed by atoms with E-state index in [1.807, 2.05) is 31.2 Å². The molecule has 1 N–H and O–H groups in total. The normalized spacial score (nSPS) is 12.2. The third-order valence-electron chi connectivity index (χ3n) is 3.45. The van der Waals surface area contributed by atoms with Crippen LogP contribution < -0.4 is 10.1 Å². The molecule has 21 heavy (non-hydrogen) atoms. The number of benzene rings is 2. The number of halogens is 2. The van der Waals surface area contributed by atoms with Gasteiger partial charge in [-0.25, -0.2) is 8.78 Å². The summed E-state index contributed by atoms with van der Waals surface area (Å²) < 4.78 is 33.4. The molecule has 0 aromatic heterocycles. The van der Waals surface area contributed by atoms with Crippen LogP contribution in [0.1, 0.15) is 29.7 Å². The summed E-state index contributed by atoms with van der Waals surface area (Å²) in [5, 5.41) is 3.19. The summed E-state index contributed by atoms with van der Waals surface area (Å²) >= 11 is 0. The van der Waals surface area contributed by atoms with E-state index in [1.54, 1.807) is 14.0 Å². The molecule has 0 radical (unpaired) electrons. The summed E-state index contributed by atoms with van der Waals surface area (Å²) in [6.07, 6.45) is 0. The molecule has 2 rings (SSSR count). The van der Waals surface area contributed by atoms with E-state index in [0.717, 1.165) is 5.56 Å². The van der Waals surface area contributed by atoms with Crippen molar-refractivity contribution in [3.8, 4) is 5.75 Å². The van der Waals surface area contributed by atoms with Gasteiger partial charge >= 0.3 is 0 Å². The highest BCUT2D eigenvalue weighted by molar-refractivity contribution is 5.42. The summed E-state index contributed by atoms with van der Waals surface area (Å²) in [5.41, 5.74) is 1.36. The van der Waals surface area contributed by atoms with Gasteiger partial charge in [0, 0.05) is 11.1 Å². The second-order valence-corrected chi connectivity index (χ2v) is 4.86. The molecule has 0 fully saturated rings. The number of methoxy groups -OCH3 is 1. The second kappa shape index (κ2) is 6.68. The van der Waals surface area contributed by atoms with Crippen molar-refractivity contribution in [3.05, 3.63) is 64.7 Å². The van der Waals surface area contributed by atoms with E-state index in [2.05, 4.69) is 5.32 Å². The standard InChI is InChI=1S/C17H19F2NO/c1-4-20-17(12-7-5-6-8-16(12)21-3)13-10-14(18)11(2)9-15(13)19/h5-10,17,20H,4H2,1-3H3. The van der Waals surface area contributed by atoms with Gasteiger partial charge in [0.2, 0.25) is 0 Å². The minimum absolute atomic E-state index is 0.282. The highest BCUT2D eigenvalue weighted by Gasteiger charge is 2.21. The molecule has 0 saturated carbocycles. The Labute approximate surface area is 123 Å². The molecular weight excluding hydrogens is 272 g/mol. The number of para-hydroxylation sites is 1. The van der Waals surface area contributed by atoms with Crippen molar-refractivity contribution in [1.82, 2.24) is 5.32 Å². The SMILES string of the molecule is CCNC(c1cc(F)c(C)cc1F)c1ccccc1OC. The van der Waals surface area contributed by atoms with Gasteiger partial charge in [-0.3, -0.25) is 0 Å². The van der Waals surface area contributed by atoms with Crippen LogP contribution in [-0.2, 0) is 0 Å². The van der Waals surface area contributed by atoms with Gasteiger partial charge in [0.15, 0.2) is 0 Å². The maximum absolute atomic E-state index is 14.3. The number of hydrogen-bond acceptors (Lipinski definition) is 2. The second-order valence-electron chi connectivity index (χ2n) is 4.86. The van der Waals surface area contributed by atoms with E-state index in [-0.39, 0.29) is 5.56 Å². The molecule has 0 spiro atoms. The van der Waals surface area contributed by atoms with Crippen LogP contribution >= 0.6 is 0 Å². The van der Waals surface area contributed by atoms with E-state index in [9.17, 15) is 8.78 Å². The van der Waals surface area contributed by atoms with Gasteiger partial charge in [-0.1, -0.05) is 25.1 Å². The van der Waals surface area contributed by atoms with Gasteiger partial charge in [-0.05, 0) is 37.2 Å². The lowest BCUT2D eigenvalue weighted by atomic mass is 9.96. The molecule has 0 heterocycles. The number of ether oxygens (including phenoxy) is 1. The largest absolute Gasteiger partial charge is 0.496 e. The predicted octanol–water partition coefficient (Wildman–Crippen LogP) is 3.98. The average molecular weight is 291 g/mol. The molecule has 2 aromatic rings. The van der Waals surface area contributed by atoms with Crippen LogP contribution in [0, 0.1) is 18.6 Å². The number of rotatable bonds is 5. The highest BCUT2D eigenvalue weighted by atomic mass is 19.1. The number of hydrogen-bond donors (Lipinski definition) is 1. The molecule has 1 unspecified atom stereocenters. The summed E-state index contributed by atoms with van der Waals surface area (Å²) in [4.78, 5) is 0. The van der Waals surface area contributed by atoms with E-state index in [0.29, 0.717) is 17.9 Å². The Morgan fingerprint density at radius 2 is 1.81 bits per heavy atom. The molecule has 4 heteroatoms. The van der Waals surface area contributed by atoms with Crippen molar-refractivity contribution in [2.24, 2.45) is 0 Å². The molecule has 2 aromatic carbocycles. The van der Waals surface area contributed by atoms with Crippen molar-refractivity contribution in [2.75, 3.05) is 13.7 Å². The maximum Gasteiger partial charge on any atom is 0.128 e. The van der Waals surface area contributed by atoms with Crippen molar-refractivity contribution in [3.63, 3.8) is 0 Å². The molecule has 0 aliphatic rings. The quantitative estimate of drug-likeness (QED) is 0.899. The third-order valence-corrected chi connectivity index (χ3v) is 3.45. The first kappa shape index (κ1) is 15.4.